The highest BCUT2D eigenvalue weighted by Gasteiger charge is 2.26. The lowest BCUT2D eigenvalue weighted by Crippen LogP contribution is -2.42. The van der Waals surface area contributed by atoms with Crippen LogP contribution in [-0.4, -0.2) is 30.5 Å². The lowest BCUT2D eigenvalue weighted by molar-refractivity contribution is -0.139. The normalized spacial score (nSPS) is 17.8. The summed E-state index contributed by atoms with van der Waals surface area (Å²) in [5, 5.41) is 0.642. The van der Waals surface area contributed by atoms with Gasteiger partial charge >= 0.3 is 0 Å². The molecular weight excluding hydrogens is 329 g/mol. The molecule has 0 spiro atoms. The van der Waals surface area contributed by atoms with Gasteiger partial charge in [0.05, 0.1) is 13.2 Å². The van der Waals surface area contributed by atoms with E-state index in [1.807, 2.05) is 24.3 Å². The van der Waals surface area contributed by atoms with E-state index in [2.05, 4.69) is 0 Å². The van der Waals surface area contributed by atoms with Crippen molar-refractivity contribution in [3.8, 4) is 0 Å². The van der Waals surface area contributed by atoms with Crippen LogP contribution in [0.3, 0.4) is 0 Å². The highest BCUT2D eigenvalue weighted by Crippen LogP contribution is 2.28. The van der Waals surface area contributed by atoms with Crippen molar-refractivity contribution in [1.29, 1.82) is 0 Å². The van der Waals surface area contributed by atoms with E-state index in [1.165, 1.54) is 6.07 Å². The third kappa shape index (κ3) is 3.94. The molecule has 0 bridgehead atoms. The molecule has 5 heteroatoms. The van der Waals surface area contributed by atoms with Gasteiger partial charge in [0, 0.05) is 23.6 Å². The summed E-state index contributed by atoms with van der Waals surface area (Å²) in [5.41, 5.74) is 1.47. The summed E-state index contributed by atoms with van der Waals surface area (Å²) in [6.45, 7) is 1.50. The topological polar surface area (TPSA) is 29.5 Å². The lowest BCUT2D eigenvalue weighted by Gasteiger charge is -2.33. The third-order valence-corrected chi connectivity index (χ3v) is 4.58. The smallest absolute Gasteiger partial charge is 0.223 e. The number of hydrogen-bond donors (Lipinski definition) is 0. The Balaban J connectivity index is 1.61. The Morgan fingerprint density at radius 2 is 1.96 bits per heavy atom. The zero-order valence-electron chi connectivity index (χ0n) is 13.3. The molecule has 2 aromatic carbocycles. The molecule has 24 heavy (non-hydrogen) atoms. The lowest BCUT2D eigenvalue weighted by atomic mass is 10.1. The van der Waals surface area contributed by atoms with E-state index < -0.39 is 0 Å². The van der Waals surface area contributed by atoms with Crippen LogP contribution < -0.4 is 0 Å². The van der Waals surface area contributed by atoms with Crippen LogP contribution in [0.15, 0.2) is 48.5 Å². The number of hydrogen-bond acceptors (Lipinski definition) is 2. The minimum Gasteiger partial charge on any atom is -0.370 e. The molecule has 1 fully saturated rings. The molecule has 1 saturated heterocycles. The molecule has 0 N–H and O–H groups in total. The van der Waals surface area contributed by atoms with E-state index in [-0.39, 0.29) is 24.2 Å². The Hall–Kier alpha value is -1.91. The Kier molecular flexibility index (Phi) is 5.48. The molecule has 1 atom stereocenters. The standard InChI is InChI=1S/C19H19ClFNO2/c20-16-7-3-2-6-15(16)18-13-22(11-12-24-18)19(23)10-9-14-5-1-4-8-17(14)21/h1-8,18H,9-13H2. The molecule has 3 rings (SSSR count). The van der Waals surface area contributed by atoms with Gasteiger partial charge in [0.25, 0.3) is 0 Å². The van der Waals surface area contributed by atoms with E-state index in [9.17, 15) is 9.18 Å². The number of halogens is 2. The molecule has 2 aromatic rings. The van der Waals surface area contributed by atoms with E-state index >= 15 is 0 Å². The molecular formula is C19H19ClFNO2. The SMILES string of the molecule is O=C(CCc1ccccc1F)N1CCOC(c2ccccc2Cl)C1. The molecule has 0 radical (unpaired) electrons. The van der Waals surface area contributed by atoms with Crippen molar-refractivity contribution in [3.63, 3.8) is 0 Å². The van der Waals surface area contributed by atoms with Gasteiger partial charge in [-0.1, -0.05) is 48.0 Å². The maximum atomic E-state index is 13.7. The first-order valence-electron chi connectivity index (χ1n) is 8.02. The number of rotatable bonds is 4. The second-order valence-electron chi connectivity index (χ2n) is 5.81. The van der Waals surface area contributed by atoms with Crippen LogP contribution in [0.1, 0.15) is 23.7 Å². The van der Waals surface area contributed by atoms with Crippen molar-refractivity contribution in [2.24, 2.45) is 0 Å². The van der Waals surface area contributed by atoms with Gasteiger partial charge in [-0.05, 0) is 24.1 Å². The van der Waals surface area contributed by atoms with Crippen molar-refractivity contribution in [2.75, 3.05) is 19.7 Å². The number of morpholine rings is 1. The number of amides is 1. The van der Waals surface area contributed by atoms with Gasteiger partial charge in [-0.3, -0.25) is 4.79 Å². The van der Waals surface area contributed by atoms with Crippen LogP contribution in [0.4, 0.5) is 4.39 Å². The molecule has 1 heterocycles. The fourth-order valence-electron chi connectivity index (χ4n) is 2.90. The van der Waals surface area contributed by atoms with Crippen LogP contribution in [0.25, 0.3) is 0 Å². The molecule has 0 aliphatic carbocycles. The molecule has 1 aliphatic heterocycles. The Morgan fingerprint density at radius 3 is 2.75 bits per heavy atom. The van der Waals surface area contributed by atoms with Crippen molar-refractivity contribution >= 4 is 17.5 Å². The highest BCUT2D eigenvalue weighted by molar-refractivity contribution is 6.31. The molecule has 1 aliphatic rings. The van der Waals surface area contributed by atoms with Gasteiger partial charge in [-0.15, -0.1) is 0 Å². The van der Waals surface area contributed by atoms with E-state index in [1.54, 1.807) is 23.1 Å². The van der Waals surface area contributed by atoms with Crippen LogP contribution >= 0.6 is 11.6 Å². The molecule has 3 nitrogen and oxygen atoms in total. The maximum absolute atomic E-state index is 13.7. The minimum atomic E-state index is -0.263. The summed E-state index contributed by atoms with van der Waals surface area (Å²) < 4.78 is 19.4. The summed E-state index contributed by atoms with van der Waals surface area (Å²) in [5.74, 6) is -0.250. The Morgan fingerprint density at radius 1 is 1.21 bits per heavy atom. The van der Waals surface area contributed by atoms with Crippen molar-refractivity contribution < 1.29 is 13.9 Å². The van der Waals surface area contributed by atoms with Crippen LogP contribution in [0.5, 0.6) is 0 Å². The Bertz CT molecular complexity index is 722. The largest absolute Gasteiger partial charge is 0.370 e. The number of aryl methyl sites for hydroxylation is 1. The zero-order valence-corrected chi connectivity index (χ0v) is 14.0. The van der Waals surface area contributed by atoms with Gasteiger partial charge < -0.3 is 9.64 Å². The summed E-state index contributed by atoms with van der Waals surface area (Å²) in [6, 6.07) is 14.1. The van der Waals surface area contributed by atoms with Gasteiger partial charge in [-0.2, -0.15) is 0 Å². The summed E-state index contributed by atoms with van der Waals surface area (Å²) >= 11 is 6.22. The first-order chi connectivity index (χ1) is 11.6. The number of benzene rings is 2. The van der Waals surface area contributed by atoms with Crippen LogP contribution in [0.2, 0.25) is 5.02 Å². The first-order valence-corrected chi connectivity index (χ1v) is 8.40. The zero-order chi connectivity index (χ0) is 16.9. The Labute approximate surface area is 146 Å². The summed E-state index contributed by atoms with van der Waals surface area (Å²) in [6.07, 6.45) is 0.473. The van der Waals surface area contributed by atoms with Crippen molar-refractivity contribution in [1.82, 2.24) is 4.90 Å². The van der Waals surface area contributed by atoms with Gasteiger partial charge in [0.1, 0.15) is 11.9 Å². The predicted molar refractivity (Wildman–Crippen MR) is 91.4 cm³/mol. The number of nitrogens with zero attached hydrogens (tertiary/aromatic N) is 1. The average Bonchev–Trinajstić information content (AvgIpc) is 2.61. The fourth-order valence-corrected chi connectivity index (χ4v) is 3.16. The van der Waals surface area contributed by atoms with Gasteiger partial charge in [0.2, 0.25) is 5.91 Å². The molecule has 126 valence electrons. The monoisotopic (exact) mass is 347 g/mol. The molecule has 0 saturated carbocycles. The number of carbonyl (C=O) groups is 1. The summed E-state index contributed by atoms with van der Waals surface area (Å²) in [4.78, 5) is 14.2. The fraction of sp³-hybridized carbons (Fsp3) is 0.316. The quantitative estimate of drug-likeness (QED) is 0.836. The first kappa shape index (κ1) is 16.9. The van der Waals surface area contributed by atoms with E-state index in [0.717, 1.165) is 5.56 Å². The third-order valence-electron chi connectivity index (χ3n) is 4.24. The average molecular weight is 348 g/mol. The van der Waals surface area contributed by atoms with E-state index in [0.29, 0.717) is 36.7 Å². The second-order valence-corrected chi connectivity index (χ2v) is 6.22. The summed E-state index contributed by atoms with van der Waals surface area (Å²) in [7, 11) is 0. The molecule has 1 amide bonds. The van der Waals surface area contributed by atoms with Gasteiger partial charge in [-0.25, -0.2) is 4.39 Å². The van der Waals surface area contributed by atoms with Crippen molar-refractivity contribution in [2.45, 2.75) is 18.9 Å². The maximum Gasteiger partial charge on any atom is 0.223 e. The van der Waals surface area contributed by atoms with Gasteiger partial charge in [0.15, 0.2) is 0 Å². The van der Waals surface area contributed by atoms with Crippen LogP contribution in [-0.2, 0) is 16.0 Å². The molecule has 0 aromatic heterocycles. The van der Waals surface area contributed by atoms with Crippen LogP contribution in [0, 0.1) is 5.82 Å². The molecule has 1 unspecified atom stereocenters. The highest BCUT2D eigenvalue weighted by atomic mass is 35.5. The van der Waals surface area contributed by atoms with Crippen molar-refractivity contribution in [3.05, 3.63) is 70.5 Å². The predicted octanol–water partition coefficient (Wildman–Crippen LogP) is 4.01. The number of ether oxygens (including phenoxy) is 1. The number of carbonyl (C=O) groups excluding carboxylic acids is 1. The second kappa shape index (κ2) is 7.77. The minimum absolute atomic E-state index is 0.0126. The van der Waals surface area contributed by atoms with E-state index in [4.69, 9.17) is 16.3 Å².